The summed E-state index contributed by atoms with van der Waals surface area (Å²) in [6.45, 7) is 1.68. The molecule has 50 heavy (non-hydrogen) atoms. The number of carbonyl (C=O) groups is 3. The molecule has 0 saturated heterocycles. The van der Waals surface area contributed by atoms with E-state index in [1.54, 1.807) is 30.8 Å². The van der Waals surface area contributed by atoms with Gasteiger partial charge in [0.1, 0.15) is 11.8 Å². The lowest BCUT2D eigenvalue weighted by Crippen LogP contribution is -2.51. The number of methoxy groups -OCH3 is 1. The molecule has 11 heteroatoms. The average molecular weight is 699 g/mol. The van der Waals surface area contributed by atoms with Gasteiger partial charge in [-0.2, -0.15) is 0 Å². The number of nitrogens with zero attached hydrogens (tertiary/aromatic N) is 1. The quantitative estimate of drug-likeness (QED) is 0.146. The van der Waals surface area contributed by atoms with Crippen LogP contribution in [0.15, 0.2) is 82.7 Å². The molecule has 7 N–H and O–H groups in total. The van der Waals surface area contributed by atoms with E-state index in [1.807, 2.05) is 60.8 Å². The second-order valence-corrected chi connectivity index (χ2v) is 14.0. The van der Waals surface area contributed by atoms with E-state index >= 15 is 0 Å². The normalized spacial score (nSPS) is 19.5. The van der Waals surface area contributed by atoms with Crippen LogP contribution in [0.5, 0.6) is 5.75 Å². The zero-order chi connectivity index (χ0) is 35.5. The molecule has 0 aliphatic carbocycles. The van der Waals surface area contributed by atoms with Gasteiger partial charge in [-0.15, -0.1) is 0 Å². The fraction of sp³-hybridized carbons (Fsp3) is 0.410. The number of ether oxygens (including phenoxy) is 1. The van der Waals surface area contributed by atoms with Crippen molar-refractivity contribution in [2.75, 3.05) is 27.2 Å². The molecule has 4 aromatic rings. The molecule has 1 aliphatic heterocycles. The highest BCUT2D eigenvalue weighted by molar-refractivity contribution is 7.99. The van der Waals surface area contributed by atoms with Crippen LogP contribution >= 0.6 is 11.8 Å². The first-order chi connectivity index (χ1) is 24.3. The van der Waals surface area contributed by atoms with Gasteiger partial charge in [0, 0.05) is 65.8 Å². The van der Waals surface area contributed by atoms with E-state index in [0.29, 0.717) is 57.5 Å². The van der Waals surface area contributed by atoms with Gasteiger partial charge in [0.2, 0.25) is 11.8 Å². The predicted molar refractivity (Wildman–Crippen MR) is 199 cm³/mol. The number of para-hydroxylation sites is 1. The number of benzene rings is 3. The average Bonchev–Trinajstić information content (AvgIpc) is 3.55. The largest absolute Gasteiger partial charge is 0.497 e. The number of likely N-dealkylation sites (N-methyl/N-ethyl adjacent to an activating group) is 1. The third kappa shape index (κ3) is 9.33. The fourth-order valence-corrected chi connectivity index (χ4v) is 7.66. The van der Waals surface area contributed by atoms with Gasteiger partial charge in [0.05, 0.1) is 13.2 Å². The number of rotatable bonds is 10. The molecule has 0 radical (unpaired) electrons. The number of fused-ring (bicyclic) bond motifs is 3. The van der Waals surface area contributed by atoms with Crippen LogP contribution in [0, 0.1) is 5.92 Å². The number of hydrogen-bond donors (Lipinski definition) is 5. The van der Waals surface area contributed by atoms with Gasteiger partial charge < -0.3 is 36.7 Å². The predicted octanol–water partition coefficient (Wildman–Crippen LogP) is 4.93. The minimum atomic E-state index is -0.821. The second-order valence-electron chi connectivity index (χ2n) is 12.9. The number of unbranched alkanes of at least 4 members (excludes halogenated alkanes) is 1. The Bertz CT molecular complexity index is 1760. The standard InChI is InChI=1S/C39H50N6O4S/c1-45-34(21-28-24-42-32-13-5-4-12-31(28)32)38(47)44-25-29-20-30(49-2)16-17-37(29)50-36-15-6-3-11-27(36)23-43-33(14-9-19-41)35(46)22-26(39(45)48)10-7-8-18-40/h3-6,11-13,15-17,20,24,26,33-34,42-43H,7-10,14,18-19,21-23,25,40-41H2,1-2H3,(H,44,47)/t26-,33+,34+/m1/s1. The number of ketones is 1. The minimum absolute atomic E-state index is 0.0255. The molecule has 10 nitrogen and oxygen atoms in total. The number of hydrogen-bond acceptors (Lipinski definition) is 8. The molecule has 0 saturated carbocycles. The van der Waals surface area contributed by atoms with E-state index in [0.717, 1.165) is 43.8 Å². The van der Waals surface area contributed by atoms with Crippen molar-refractivity contribution in [3.8, 4) is 5.75 Å². The summed E-state index contributed by atoms with van der Waals surface area (Å²) in [4.78, 5) is 49.6. The first kappa shape index (κ1) is 37.1. The monoisotopic (exact) mass is 698 g/mol. The molecule has 3 aromatic carbocycles. The Morgan fingerprint density at radius 1 is 0.880 bits per heavy atom. The fourth-order valence-electron chi connectivity index (χ4n) is 6.61. The van der Waals surface area contributed by atoms with Crippen molar-refractivity contribution >= 4 is 40.3 Å². The molecule has 0 spiro atoms. The zero-order valence-corrected chi connectivity index (χ0v) is 29.9. The summed E-state index contributed by atoms with van der Waals surface area (Å²) in [5.41, 5.74) is 15.6. The number of aromatic amines is 1. The van der Waals surface area contributed by atoms with Crippen LogP contribution in [-0.2, 0) is 33.9 Å². The van der Waals surface area contributed by atoms with E-state index in [1.165, 1.54) is 0 Å². The third-order valence-electron chi connectivity index (χ3n) is 9.55. The van der Waals surface area contributed by atoms with Crippen LogP contribution in [-0.4, -0.2) is 66.8 Å². The SMILES string of the molecule is COc1ccc2c(c1)CNC(=O)[C@H](Cc1c[nH]c3ccccc13)N(C)C(=O)[C@H](CCCCN)CC(=O)[C@H](CCCN)NCc1ccccc1S2. The highest BCUT2D eigenvalue weighted by Crippen LogP contribution is 2.35. The van der Waals surface area contributed by atoms with Crippen molar-refractivity contribution in [1.82, 2.24) is 20.5 Å². The van der Waals surface area contributed by atoms with Crippen LogP contribution in [0.2, 0.25) is 0 Å². The van der Waals surface area contributed by atoms with E-state index in [2.05, 4.69) is 27.8 Å². The first-order valence-corrected chi connectivity index (χ1v) is 18.3. The van der Waals surface area contributed by atoms with Crippen LogP contribution in [0.25, 0.3) is 10.9 Å². The van der Waals surface area contributed by atoms with E-state index in [4.69, 9.17) is 16.2 Å². The van der Waals surface area contributed by atoms with Gasteiger partial charge >= 0.3 is 0 Å². The lowest BCUT2D eigenvalue weighted by atomic mass is 9.90. The maximum absolute atomic E-state index is 14.4. The lowest BCUT2D eigenvalue weighted by Gasteiger charge is -2.31. The molecular formula is C39H50N6O4S. The number of Topliss-reactive ketones (excluding diaryl/α,β-unsaturated/α-hetero) is 1. The van der Waals surface area contributed by atoms with Crippen molar-refractivity contribution in [2.45, 2.75) is 79.9 Å². The molecule has 3 atom stereocenters. The molecule has 2 heterocycles. The molecule has 266 valence electrons. The summed E-state index contributed by atoms with van der Waals surface area (Å²) >= 11 is 1.61. The maximum Gasteiger partial charge on any atom is 0.243 e. The third-order valence-corrected chi connectivity index (χ3v) is 10.8. The maximum atomic E-state index is 14.4. The second kappa shape index (κ2) is 18.2. The van der Waals surface area contributed by atoms with Gasteiger partial charge in [0.15, 0.2) is 5.78 Å². The molecule has 0 fully saturated rings. The van der Waals surface area contributed by atoms with Crippen molar-refractivity contribution in [1.29, 1.82) is 0 Å². The van der Waals surface area contributed by atoms with Crippen molar-refractivity contribution in [3.05, 3.63) is 89.6 Å². The van der Waals surface area contributed by atoms with E-state index in [9.17, 15) is 14.4 Å². The molecular weight excluding hydrogens is 649 g/mol. The van der Waals surface area contributed by atoms with Crippen molar-refractivity contribution < 1.29 is 19.1 Å². The molecule has 1 aromatic heterocycles. The zero-order valence-electron chi connectivity index (χ0n) is 29.1. The van der Waals surface area contributed by atoms with Crippen LogP contribution < -0.4 is 26.8 Å². The summed E-state index contributed by atoms with van der Waals surface area (Å²) in [6.07, 6.45) is 5.47. The Hall–Kier alpha value is -4.16. The highest BCUT2D eigenvalue weighted by atomic mass is 32.2. The molecule has 2 amide bonds. The molecule has 5 rings (SSSR count). The van der Waals surface area contributed by atoms with E-state index in [-0.39, 0.29) is 30.6 Å². The summed E-state index contributed by atoms with van der Waals surface area (Å²) in [7, 11) is 3.31. The minimum Gasteiger partial charge on any atom is -0.497 e. The number of nitrogens with one attached hydrogen (secondary N) is 3. The Morgan fingerprint density at radius 2 is 1.64 bits per heavy atom. The summed E-state index contributed by atoms with van der Waals surface area (Å²) in [5.74, 6) is -0.432. The molecule has 1 aliphatic rings. The summed E-state index contributed by atoms with van der Waals surface area (Å²) < 4.78 is 5.56. The van der Waals surface area contributed by atoms with E-state index < -0.39 is 18.0 Å². The highest BCUT2D eigenvalue weighted by Gasteiger charge is 2.34. The number of H-pyrrole nitrogens is 1. The van der Waals surface area contributed by atoms with Crippen LogP contribution in [0.3, 0.4) is 0 Å². The topological polar surface area (TPSA) is 156 Å². The number of carbonyl (C=O) groups excluding carboxylic acids is 3. The Morgan fingerprint density at radius 3 is 2.44 bits per heavy atom. The van der Waals surface area contributed by atoms with Gasteiger partial charge in [-0.3, -0.25) is 14.4 Å². The van der Waals surface area contributed by atoms with Gasteiger partial charge in [-0.05, 0) is 85.8 Å². The first-order valence-electron chi connectivity index (χ1n) is 17.5. The van der Waals surface area contributed by atoms with Crippen molar-refractivity contribution in [3.63, 3.8) is 0 Å². The number of amides is 2. The van der Waals surface area contributed by atoms with Crippen LogP contribution in [0.1, 0.15) is 55.2 Å². The van der Waals surface area contributed by atoms with Crippen LogP contribution in [0.4, 0.5) is 0 Å². The van der Waals surface area contributed by atoms with Gasteiger partial charge in [-0.25, -0.2) is 0 Å². The number of nitrogens with two attached hydrogens (primary N) is 2. The molecule has 0 unspecified atom stereocenters. The van der Waals surface area contributed by atoms with Crippen molar-refractivity contribution in [2.24, 2.45) is 17.4 Å². The van der Waals surface area contributed by atoms with Gasteiger partial charge in [0.25, 0.3) is 0 Å². The Balaban J connectivity index is 1.56. The Kier molecular flexibility index (Phi) is 13.5. The lowest BCUT2D eigenvalue weighted by molar-refractivity contribution is -0.143. The molecule has 0 bridgehead atoms. The smallest absolute Gasteiger partial charge is 0.243 e. The van der Waals surface area contributed by atoms with Gasteiger partial charge in [-0.1, -0.05) is 54.6 Å². The Labute approximate surface area is 299 Å². The summed E-state index contributed by atoms with van der Waals surface area (Å²) in [6, 6.07) is 20.6. The number of aromatic nitrogens is 1. The summed E-state index contributed by atoms with van der Waals surface area (Å²) in [5, 5.41) is 7.67.